The molecular weight excluding hydrogens is 493 g/mol. The van der Waals surface area contributed by atoms with Crippen LogP contribution in [0, 0.1) is 0 Å². The highest BCUT2D eigenvalue weighted by Crippen LogP contribution is 2.33. The van der Waals surface area contributed by atoms with Gasteiger partial charge in [-0.15, -0.1) is 0 Å². The Kier molecular flexibility index (Phi) is 7.73. The fourth-order valence-corrected chi connectivity index (χ4v) is 4.64. The number of halogens is 4. The molecule has 0 aliphatic carbocycles. The number of carbonyl (C=O) groups excluding carboxylic acids is 1. The second-order valence-electron chi connectivity index (χ2n) is 6.99. The topological polar surface area (TPSA) is 75.7 Å². The van der Waals surface area contributed by atoms with Crippen LogP contribution >= 0.6 is 11.6 Å². The normalized spacial score (nSPS) is 11.7. The quantitative estimate of drug-likeness (QED) is 0.427. The molecule has 180 valence electrons. The molecular formula is C23H20ClF3N2O4S. The number of carbonyl (C=O) groups is 1. The lowest BCUT2D eigenvalue weighted by molar-refractivity contribution is -0.137. The van der Waals surface area contributed by atoms with Crippen LogP contribution < -0.4 is 14.4 Å². The first-order chi connectivity index (χ1) is 16.0. The van der Waals surface area contributed by atoms with E-state index in [9.17, 15) is 26.4 Å². The summed E-state index contributed by atoms with van der Waals surface area (Å²) in [6, 6.07) is 15.7. The number of amides is 1. The fourth-order valence-electron chi connectivity index (χ4n) is 3.08. The SMILES string of the molecule is CCOc1ccccc1N(CC(=O)Nc1cccc(C(F)(F)F)c1)S(=O)(=O)c1ccc(Cl)cc1. The zero-order valence-electron chi connectivity index (χ0n) is 17.8. The Hall–Kier alpha value is -3.24. The Morgan fingerprint density at radius 1 is 1.03 bits per heavy atom. The lowest BCUT2D eigenvalue weighted by Gasteiger charge is -2.26. The van der Waals surface area contributed by atoms with Gasteiger partial charge in [-0.05, 0) is 61.5 Å². The van der Waals surface area contributed by atoms with Crippen molar-refractivity contribution in [2.24, 2.45) is 0 Å². The highest BCUT2D eigenvalue weighted by molar-refractivity contribution is 7.92. The van der Waals surface area contributed by atoms with E-state index in [4.69, 9.17) is 16.3 Å². The lowest BCUT2D eigenvalue weighted by Crippen LogP contribution is -2.38. The number of nitrogens with one attached hydrogen (secondary N) is 1. The molecule has 34 heavy (non-hydrogen) atoms. The Morgan fingerprint density at radius 3 is 2.35 bits per heavy atom. The van der Waals surface area contributed by atoms with Crippen LogP contribution in [0.5, 0.6) is 5.75 Å². The molecule has 1 amide bonds. The molecule has 3 aromatic rings. The van der Waals surface area contributed by atoms with E-state index in [0.29, 0.717) is 5.02 Å². The Labute approximate surface area is 200 Å². The van der Waals surface area contributed by atoms with Crippen LogP contribution in [0.15, 0.2) is 77.7 Å². The van der Waals surface area contributed by atoms with Gasteiger partial charge in [-0.1, -0.05) is 29.8 Å². The summed E-state index contributed by atoms with van der Waals surface area (Å²) in [5, 5.41) is 2.65. The molecule has 0 fully saturated rings. The minimum atomic E-state index is -4.60. The van der Waals surface area contributed by atoms with Gasteiger partial charge in [-0.25, -0.2) is 8.42 Å². The van der Waals surface area contributed by atoms with Gasteiger partial charge in [0.1, 0.15) is 12.3 Å². The van der Waals surface area contributed by atoms with E-state index in [2.05, 4.69) is 5.32 Å². The number of anilines is 2. The van der Waals surface area contributed by atoms with Crippen molar-refractivity contribution in [1.82, 2.24) is 0 Å². The molecule has 0 heterocycles. The molecule has 0 aromatic heterocycles. The van der Waals surface area contributed by atoms with Gasteiger partial charge in [0.15, 0.2) is 0 Å². The highest BCUT2D eigenvalue weighted by atomic mass is 35.5. The summed E-state index contributed by atoms with van der Waals surface area (Å²) in [5.41, 5.74) is -0.974. The average molecular weight is 513 g/mol. The minimum Gasteiger partial charge on any atom is -0.492 e. The number of hydrogen-bond donors (Lipinski definition) is 1. The van der Waals surface area contributed by atoms with E-state index in [1.165, 1.54) is 36.4 Å². The highest BCUT2D eigenvalue weighted by Gasteiger charge is 2.32. The molecule has 0 saturated heterocycles. The average Bonchev–Trinajstić information content (AvgIpc) is 2.78. The van der Waals surface area contributed by atoms with Gasteiger partial charge in [-0.3, -0.25) is 9.10 Å². The summed E-state index contributed by atoms with van der Waals surface area (Å²) < 4.78 is 72.3. The zero-order valence-corrected chi connectivity index (χ0v) is 19.4. The predicted octanol–water partition coefficient (Wildman–Crippen LogP) is 5.59. The van der Waals surface area contributed by atoms with Crippen LogP contribution in [-0.4, -0.2) is 27.5 Å². The molecule has 6 nitrogen and oxygen atoms in total. The maximum Gasteiger partial charge on any atom is 0.416 e. The van der Waals surface area contributed by atoms with E-state index in [0.717, 1.165) is 22.5 Å². The first kappa shape index (κ1) is 25.4. The maximum absolute atomic E-state index is 13.5. The van der Waals surface area contributed by atoms with Gasteiger partial charge in [0.05, 0.1) is 22.8 Å². The predicted molar refractivity (Wildman–Crippen MR) is 124 cm³/mol. The number of ether oxygens (including phenoxy) is 1. The largest absolute Gasteiger partial charge is 0.492 e. The monoisotopic (exact) mass is 512 g/mol. The summed E-state index contributed by atoms with van der Waals surface area (Å²) in [7, 11) is -4.28. The second-order valence-corrected chi connectivity index (χ2v) is 9.29. The zero-order chi connectivity index (χ0) is 24.9. The lowest BCUT2D eigenvalue weighted by atomic mass is 10.2. The minimum absolute atomic E-state index is 0.0958. The van der Waals surface area contributed by atoms with Crippen molar-refractivity contribution < 1.29 is 31.1 Å². The molecule has 0 bridgehead atoms. The van der Waals surface area contributed by atoms with Crippen LogP contribution in [0.25, 0.3) is 0 Å². The third-order valence-electron chi connectivity index (χ3n) is 4.60. The standard InChI is InChI=1S/C23H20ClF3N2O4S/c1-2-33-21-9-4-3-8-20(21)29(34(31,32)19-12-10-17(24)11-13-19)15-22(30)28-18-7-5-6-16(14-18)23(25,26)27/h3-14H,2,15H2,1H3,(H,28,30). The summed E-state index contributed by atoms with van der Waals surface area (Å²) in [5.74, 6) is -0.627. The molecule has 0 aliphatic heterocycles. The number of sulfonamides is 1. The van der Waals surface area contributed by atoms with Crippen molar-refractivity contribution in [2.75, 3.05) is 22.8 Å². The van der Waals surface area contributed by atoms with Crippen LogP contribution in [0.2, 0.25) is 5.02 Å². The Morgan fingerprint density at radius 2 is 1.71 bits per heavy atom. The third kappa shape index (κ3) is 6.00. The van der Waals surface area contributed by atoms with Gasteiger partial charge >= 0.3 is 6.18 Å². The smallest absolute Gasteiger partial charge is 0.416 e. The first-order valence-electron chi connectivity index (χ1n) is 9.99. The van der Waals surface area contributed by atoms with E-state index < -0.39 is 34.2 Å². The van der Waals surface area contributed by atoms with Crippen LogP contribution in [0.3, 0.4) is 0 Å². The van der Waals surface area contributed by atoms with E-state index in [-0.39, 0.29) is 28.6 Å². The summed E-state index contributed by atoms with van der Waals surface area (Å²) in [6.45, 7) is 1.24. The number of benzene rings is 3. The van der Waals surface area contributed by atoms with Crippen molar-refractivity contribution in [2.45, 2.75) is 18.0 Å². The molecule has 0 atom stereocenters. The number of nitrogens with zero attached hydrogens (tertiary/aromatic N) is 1. The Balaban J connectivity index is 1.98. The molecule has 0 unspecified atom stereocenters. The Bertz CT molecular complexity index is 1270. The molecule has 0 radical (unpaired) electrons. The van der Waals surface area contributed by atoms with E-state index in [1.807, 2.05) is 0 Å². The van der Waals surface area contributed by atoms with Crippen molar-refractivity contribution in [3.05, 3.63) is 83.4 Å². The molecule has 0 saturated carbocycles. The molecule has 0 aliphatic rings. The van der Waals surface area contributed by atoms with Crippen LogP contribution in [-0.2, 0) is 21.0 Å². The summed E-state index contributed by atoms with van der Waals surface area (Å²) in [4.78, 5) is 12.7. The van der Waals surface area contributed by atoms with Gasteiger partial charge in [0.2, 0.25) is 5.91 Å². The van der Waals surface area contributed by atoms with E-state index in [1.54, 1.807) is 25.1 Å². The number of alkyl halides is 3. The fraction of sp³-hybridized carbons (Fsp3) is 0.174. The van der Waals surface area contributed by atoms with Crippen molar-refractivity contribution in [3.8, 4) is 5.75 Å². The molecule has 0 spiro atoms. The van der Waals surface area contributed by atoms with Crippen molar-refractivity contribution >= 4 is 38.9 Å². The molecule has 11 heteroatoms. The first-order valence-corrected chi connectivity index (χ1v) is 11.8. The summed E-state index contributed by atoms with van der Waals surface area (Å²) >= 11 is 5.87. The van der Waals surface area contributed by atoms with Crippen molar-refractivity contribution in [3.63, 3.8) is 0 Å². The molecule has 1 N–H and O–H groups in total. The van der Waals surface area contributed by atoms with Gasteiger partial charge in [-0.2, -0.15) is 13.2 Å². The van der Waals surface area contributed by atoms with E-state index >= 15 is 0 Å². The second kappa shape index (κ2) is 10.4. The molecule has 3 aromatic carbocycles. The number of hydrogen-bond acceptors (Lipinski definition) is 4. The van der Waals surface area contributed by atoms with Gasteiger partial charge in [0.25, 0.3) is 10.0 Å². The molecule has 3 rings (SSSR count). The van der Waals surface area contributed by atoms with Gasteiger partial charge < -0.3 is 10.1 Å². The van der Waals surface area contributed by atoms with Crippen molar-refractivity contribution in [1.29, 1.82) is 0 Å². The third-order valence-corrected chi connectivity index (χ3v) is 6.62. The number of para-hydroxylation sites is 2. The van der Waals surface area contributed by atoms with Gasteiger partial charge in [0, 0.05) is 10.7 Å². The van der Waals surface area contributed by atoms with Crippen LogP contribution in [0.1, 0.15) is 12.5 Å². The number of rotatable bonds is 8. The summed E-state index contributed by atoms with van der Waals surface area (Å²) in [6.07, 6.45) is -4.60. The maximum atomic E-state index is 13.5. The van der Waals surface area contributed by atoms with Crippen LogP contribution in [0.4, 0.5) is 24.5 Å².